The van der Waals surface area contributed by atoms with Crippen LogP contribution >= 0.6 is 0 Å². The van der Waals surface area contributed by atoms with Gasteiger partial charge in [-0.05, 0) is 45.1 Å². The van der Waals surface area contributed by atoms with Crippen LogP contribution in [0, 0.1) is 5.41 Å². The lowest BCUT2D eigenvalue weighted by molar-refractivity contribution is -0.152. The molecule has 2 saturated carbocycles. The molecule has 0 unspecified atom stereocenters. The Bertz CT molecular complexity index is 428. The summed E-state index contributed by atoms with van der Waals surface area (Å²) in [4.78, 5) is 26.8. The molecule has 1 amide bonds. The summed E-state index contributed by atoms with van der Waals surface area (Å²) in [5.41, 5.74) is -0.873. The molecule has 3 fully saturated rings. The number of rotatable bonds is 4. The standard InChI is InChI=1S/C17H28N2O3/c1-22-16(21)17(9-10-17)15(20)18-13-6-5-11-19(12-13)14-7-3-2-4-8-14/h13-14H,2-12H2,1H3,(H,18,20)/t13-/m0/s1. The maximum absolute atomic E-state index is 12.4. The van der Waals surface area contributed by atoms with E-state index in [1.807, 2.05) is 0 Å². The summed E-state index contributed by atoms with van der Waals surface area (Å²) in [7, 11) is 1.36. The Morgan fingerprint density at radius 1 is 1.09 bits per heavy atom. The SMILES string of the molecule is COC(=O)C1(C(=O)N[C@H]2CCCN(C3CCCCC3)C2)CC1. The van der Waals surface area contributed by atoms with E-state index in [-0.39, 0.29) is 17.9 Å². The van der Waals surface area contributed by atoms with Crippen LogP contribution in [-0.2, 0) is 14.3 Å². The maximum atomic E-state index is 12.4. The highest BCUT2D eigenvalue weighted by molar-refractivity contribution is 6.05. The summed E-state index contributed by atoms with van der Waals surface area (Å²) in [6, 6.07) is 0.884. The monoisotopic (exact) mass is 308 g/mol. The summed E-state index contributed by atoms with van der Waals surface area (Å²) in [5.74, 6) is -0.486. The van der Waals surface area contributed by atoms with Gasteiger partial charge in [0.1, 0.15) is 5.41 Å². The molecule has 0 spiro atoms. The molecule has 5 heteroatoms. The van der Waals surface area contributed by atoms with E-state index >= 15 is 0 Å². The molecule has 5 nitrogen and oxygen atoms in total. The topological polar surface area (TPSA) is 58.6 Å². The van der Waals surface area contributed by atoms with Crippen molar-refractivity contribution in [2.24, 2.45) is 5.41 Å². The van der Waals surface area contributed by atoms with Crippen LogP contribution in [0.15, 0.2) is 0 Å². The molecular weight excluding hydrogens is 280 g/mol. The molecule has 1 heterocycles. The minimum atomic E-state index is -0.873. The molecule has 1 saturated heterocycles. The van der Waals surface area contributed by atoms with Crippen molar-refractivity contribution in [1.29, 1.82) is 0 Å². The molecular formula is C17H28N2O3. The van der Waals surface area contributed by atoms with Crippen LogP contribution in [0.25, 0.3) is 0 Å². The Morgan fingerprint density at radius 2 is 1.82 bits per heavy atom. The first-order chi connectivity index (χ1) is 10.7. The van der Waals surface area contributed by atoms with Gasteiger partial charge in [-0.1, -0.05) is 19.3 Å². The van der Waals surface area contributed by atoms with E-state index in [1.165, 1.54) is 39.2 Å². The van der Waals surface area contributed by atoms with Gasteiger partial charge in [-0.15, -0.1) is 0 Å². The lowest BCUT2D eigenvalue weighted by Crippen LogP contribution is -2.53. The number of ether oxygens (including phenoxy) is 1. The summed E-state index contributed by atoms with van der Waals surface area (Å²) in [6.07, 6.45) is 10.0. The largest absolute Gasteiger partial charge is 0.468 e. The number of hydrogen-bond donors (Lipinski definition) is 1. The van der Waals surface area contributed by atoms with Gasteiger partial charge in [-0.25, -0.2) is 0 Å². The van der Waals surface area contributed by atoms with Crippen molar-refractivity contribution in [1.82, 2.24) is 10.2 Å². The molecule has 1 atom stereocenters. The smallest absolute Gasteiger partial charge is 0.321 e. The molecule has 0 bridgehead atoms. The summed E-state index contributed by atoms with van der Waals surface area (Å²) < 4.78 is 4.79. The van der Waals surface area contributed by atoms with Crippen LogP contribution in [-0.4, -0.2) is 49.1 Å². The summed E-state index contributed by atoms with van der Waals surface area (Å²) in [6.45, 7) is 2.09. The number of nitrogens with one attached hydrogen (secondary N) is 1. The highest BCUT2D eigenvalue weighted by Gasteiger charge is 2.58. The lowest BCUT2D eigenvalue weighted by atomic mass is 9.92. The number of piperidine rings is 1. The number of carbonyl (C=O) groups excluding carboxylic acids is 2. The highest BCUT2D eigenvalue weighted by atomic mass is 16.5. The number of hydrogen-bond acceptors (Lipinski definition) is 4. The first-order valence-corrected chi connectivity index (χ1v) is 8.79. The number of amides is 1. The molecule has 1 aliphatic heterocycles. The average molecular weight is 308 g/mol. The van der Waals surface area contributed by atoms with Crippen molar-refractivity contribution in [2.75, 3.05) is 20.2 Å². The van der Waals surface area contributed by atoms with Gasteiger partial charge in [0.05, 0.1) is 7.11 Å². The third-order valence-electron chi connectivity index (χ3n) is 5.64. The van der Waals surface area contributed by atoms with Gasteiger partial charge in [0.25, 0.3) is 0 Å². The van der Waals surface area contributed by atoms with Gasteiger partial charge in [0.2, 0.25) is 5.91 Å². The van der Waals surface area contributed by atoms with Gasteiger partial charge in [-0.2, -0.15) is 0 Å². The first-order valence-electron chi connectivity index (χ1n) is 8.79. The van der Waals surface area contributed by atoms with Gasteiger partial charge in [-0.3, -0.25) is 14.5 Å². The van der Waals surface area contributed by atoms with Gasteiger partial charge in [0.15, 0.2) is 0 Å². The molecule has 1 N–H and O–H groups in total. The third kappa shape index (κ3) is 3.14. The fourth-order valence-electron chi connectivity index (χ4n) is 4.07. The summed E-state index contributed by atoms with van der Waals surface area (Å²) in [5, 5.41) is 3.12. The van der Waals surface area contributed by atoms with Crippen LogP contribution in [0.1, 0.15) is 57.8 Å². The van der Waals surface area contributed by atoms with E-state index in [9.17, 15) is 9.59 Å². The van der Waals surface area contributed by atoms with Gasteiger partial charge >= 0.3 is 5.97 Å². The van der Waals surface area contributed by atoms with Crippen molar-refractivity contribution >= 4 is 11.9 Å². The van der Waals surface area contributed by atoms with Crippen LogP contribution < -0.4 is 5.32 Å². The van der Waals surface area contributed by atoms with E-state index in [0.717, 1.165) is 25.9 Å². The van der Waals surface area contributed by atoms with E-state index < -0.39 is 5.41 Å². The zero-order valence-corrected chi connectivity index (χ0v) is 13.6. The zero-order valence-electron chi connectivity index (χ0n) is 13.6. The van der Waals surface area contributed by atoms with Crippen LogP contribution in [0.5, 0.6) is 0 Å². The molecule has 0 aromatic heterocycles. The third-order valence-corrected chi connectivity index (χ3v) is 5.64. The van der Waals surface area contributed by atoms with Crippen molar-refractivity contribution in [2.45, 2.75) is 69.9 Å². The van der Waals surface area contributed by atoms with Crippen molar-refractivity contribution in [3.63, 3.8) is 0 Å². The second kappa shape index (κ2) is 6.57. The van der Waals surface area contributed by atoms with Crippen molar-refractivity contribution in [3.8, 4) is 0 Å². The van der Waals surface area contributed by atoms with E-state index in [1.54, 1.807) is 0 Å². The fourth-order valence-corrected chi connectivity index (χ4v) is 4.07. The Kier molecular flexibility index (Phi) is 4.71. The fraction of sp³-hybridized carbons (Fsp3) is 0.882. The molecule has 0 aromatic rings. The van der Waals surface area contributed by atoms with E-state index in [4.69, 9.17) is 4.74 Å². The molecule has 3 aliphatic rings. The van der Waals surface area contributed by atoms with E-state index in [2.05, 4.69) is 10.2 Å². The van der Waals surface area contributed by atoms with Crippen LogP contribution in [0.2, 0.25) is 0 Å². The highest BCUT2D eigenvalue weighted by Crippen LogP contribution is 2.47. The molecule has 0 radical (unpaired) electrons. The predicted octanol–water partition coefficient (Wildman–Crippen LogP) is 1.85. The number of carbonyl (C=O) groups is 2. The molecule has 22 heavy (non-hydrogen) atoms. The maximum Gasteiger partial charge on any atom is 0.321 e. The molecule has 124 valence electrons. The Morgan fingerprint density at radius 3 is 2.45 bits per heavy atom. The normalized spacial score (nSPS) is 28.9. The van der Waals surface area contributed by atoms with Gasteiger partial charge < -0.3 is 10.1 Å². The number of esters is 1. The zero-order chi connectivity index (χ0) is 15.6. The second-order valence-corrected chi connectivity index (χ2v) is 7.17. The first kappa shape index (κ1) is 15.8. The number of likely N-dealkylation sites (tertiary alicyclic amines) is 1. The molecule has 2 aliphatic carbocycles. The number of methoxy groups -OCH3 is 1. The van der Waals surface area contributed by atoms with Crippen molar-refractivity contribution in [3.05, 3.63) is 0 Å². The Labute approximate surface area is 132 Å². The van der Waals surface area contributed by atoms with Crippen molar-refractivity contribution < 1.29 is 14.3 Å². The lowest BCUT2D eigenvalue weighted by Gasteiger charge is -2.40. The summed E-state index contributed by atoms with van der Waals surface area (Å²) >= 11 is 0. The second-order valence-electron chi connectivity index (χ2n) is 7.17. The minimum absolute atomic E-state index is 0.116. The minimum Gasteiger partial charge on any atom is -0.468 e. The van der Waals surface area contributed by atoms with Crippen LogP contribution in [0.4, 0.5) is 0 Å². The van der Waals surface area contributed by atoms with E-state index in [0.29, 0.717) is 18.9 Å². The quantitative estimate of drug-likeness (QED) is 0.636. The molecule has 0 aromatic carbocycles. The predicted molar refractivity (Wildman–Crippen MR) is 83.3 cm³/mol. The Hall–Kier alpha value is -1.10. The van der Waals surface area contributed by atoms with Gasteiger partial charge in [0, 0.05) is 18.6 Å². The Balaban J connectivity index is 1.54. The molecule has 3 rings (SSSR count). The number of nitrogens with zero attached hydrogens (tertiary/aromatic N) is 1. The van der Waals surface area contributed by atoms with Crippen LogP contribution in [0.3, 0.4) is 0 Å². The average Bonchev–Trinajstić information content (AvgIpc) is 3.37.